The summed E-state index contributed by atoms with van der Waals surface area (Å²) >= 11 is 0. The monoisotopic (exact) mass is 168 g/mol. The van der Waals surface area contributed by atoms with Gasteiger partial charge in [-0.1, -0.05) is 0 Å². The van der Waals surface area contributed by atoms with E-state index in [0.717, 1.165) is 19.4 Å². The second-order valence-electron chi connectivity index (χ2n) is 2.65. The molecule has 0 aliphatic rings. The summed E-state index contributed by atoms with van der Waals surface area (Å²) in [4.78, 5) is 14.0. The number of carboxylic acid groups (broad SMARTS) is 1. The number of aromatic nitrogens is 2. The number of aryl methyl sites for hydroxylation is 1. The van der Waals surface area contributed by atoms with Crippen molar-refractivity contribution in [1.29, 1.82) is 0 Å². The van der Waals surface area contributed by atoms with Crippen molar-refractivity contribution >= 4 is 5.97 Å². The number of aliphatic carboxylic acids is 1. The molecule has 0 unspecified atom stereocenters. The lowest BCUT2D eigenvalue weighted by molar-refractivity contribution is -0.137. The molecule has 0 aliphatic carbocycles. The third kappa shape index (κ3) is 3.18. The standard InChI is InChI=1S/C8H12N2O2/c11-8(12)3-1-2-5-10-6-4-9-7-10/h4,6-7H,1-3,5H2,(H,11,12). The zero-order valence-electron chi connectivity index (χ0n) is 6.81. The molecule has 0 bridgehead atoms. The van der Waals surface area contributed by atoms with Gasteiger partial charge in [0, 0.05) is 25.4 Å². The van der Waals surface area contributed by atoms with E-state index in [9.17, 15) is 4.79 Å². The molecule has 1 rings (SSSR count). The highest BCUT2D eigenvalue weighted by atomic mass is 16.4. The average Bonchev–Trinajstić information content (AvgIpc) is 2.49. The lowest BCUT2D eigenvalue weighted by Gasteiger charge is -1.99. The Bertz CT molecular complexity index is 231. The molecule has 0 atom stereocenters. The quantitative estimate of drug-likeness (QED) is 0.671. The Morgan fingerprint density at radius 2 is 2.33 bits per heavy atom. The van der Waals surface area contributed by atoms with Crippen molar-refractivity contribution in [3.05, 3.63) is 18.7 Å². The van der Waals surface area contributed by atoms with Gasteiger partial charge in [0.2, 0.25) is 0 Å². The lowest BCUT2D eigenvalue weighted by Crippen LogP contribution is -1.98. The third-order valence-corrected chi connectivity index (χ3v) is 1.62. The van der Waals surface area contributed by atoms with Crippen LogP contribution in [-0.4, -0.2) is 20.6 Å². The first-order chi connectivity index (χ1) is 5.79. The van der Waals surface area contributed by atoms with Gasteiger partial charge in [-0.05, 0) is 12.8 Å². The molecule has 1 N–H and O–H groups in total. The maximum Gasteiger partial charge on any atom is 0.303 e. The van der Waals surface area contributed by atoms with E-state index in [1.807, 2.05) is 10.8 Å². The van der Waals surface area contributed by atoms with E-state index in [1.54, 1.807) is 12.5 Å². The van der Waals surface area contributed by atoms with E-state index in [1.165, 1.54) is 0 Å². The maximum absolute atomic E-state index is 10.1. The van der Waals surface area contributed by atoms with Crippen LogP contribution in [0, 0.1) is 0 Å². The van der Waals surface area contributed by atoms with Crippen LogP contribution in [0.4, 0.5) is 0 Å². The second-order valence-corrected chi connectivity index (χ2v) is 2.65. The highest BCUT2D eigenvalue weighted by molar-refractivity contribution is 5.66. The van der Waals surface area contributed by atoms with Crippen LogP contribution in [0.25, 0.3) is 0 Å². The van der Waals surface area contributed by atoms with Gasteiger partial charge in [-0.25, -0.2) is 4.98 Å². The first-order valence-electron chi connectivity index (χ1n) is 3.96. The number of hydrogen-bond acceptors (Lipinski definition) is 2. The molecule has 0 aromatic carbocycles. The highest BCUT2D eigenvalue weighted by Gasteiger charge is 1.96. The minimum absolute atomic E-state index is 0.259. The third-order valence-electron chi connectivity index (χ3n) is 1.62. The van der Waals surface area contributed by atoms with Crippen LogP contribution in [0.1, 0.15) is 19.3 Å². The predicted molar refractivity (Wildman–Crippen MR) is 43.7 cm³/mol. The number of nitrogens with zero attached hydrogens (tertiary/aromatic N) is 2. The molecule has 0 amide bonds. The topological polar surface area (TPSA) is 55.1 Å². The second kappa shape index (κ2) is 4.54. The molecule has 0 radical (unpaired) electrons. The van der Waals surface area contributed by atoms with Crippen molar-refractivity contribution in [2.75, 3.05) is 0 Å². The van der Waals surface area contributed by atoms with Crippen LogP contribution in [0.5, 0.6) is 0 Å². The summed E-state index contributed by atoms with van der Waals surface area (Å²) < 4.78 is 1.95. The fourth-order valence-electron chi connectivity index (χ4n) is 0.990. The molecule has 0 aliphatic heterocycles. The number of imidazole rings is 1. The summed E-state index contributed by atoms with van der Waals surface area (Å²) in [6, 6.07) is 0. The fourth-order valence-corrected chi connectivity index (χ4v) is 0.990. The summed E-state index contributed by atoms with van der Waals surface area (Å²) in [5, 5.41) is 8.35. The van der Waals surface area contributed by atoms with Gasteiger partial charge < -0.3 is 9.67 Å². The summed E-state index contributed by atoms with van der Waals surface area (Å²) in [5.41, 5.74) is 0. The fraction of sp³-hybridized carbons (Fsp3) is 0.500. The van der Waals surface area contributed by atoms with E-state index >= 15 is 0 Å². The Hall–Kier alpha value is -1.32. The first kappa shape index (κ1) is 8.77. The van der Waals surface area contributed by atoms with Crippen molar-refractivity contribution in [3.8, 4) is 0 Å². The van der Waals surface area contributed by atoms with E-state index in [4.69, 9.17) is 5.11 Å². The van der Waals surface area contributed by atoms with E-state index in [2.05, 4.69) is 4.98 Å². The summed E-state index contributed by atoms with van der Waals surface area (Å²) in [6.45, 7) is 0.854. The highest BCUT2D eigenvalue weighted by Crippen LogP contribution is 1.98. The molecule has 0 fully saturated rings. The molecule has 0 saturated heterocycles. The molecule has 1 aromatic rings. The summed E-state index contributed by atoms with van der Waals surface area (Å²) in [6.07, 6.45) is 7.21. The Morgan fingerprint density at radius 1 is 1.50 bits per heavy atom. The van der Waals surface area contributed by atoms with Crippen molar-refractivity contribution in [2.45, 2.75) is 25.8 Å². The van der Waals surface area contributed by atoms with Crippen LogP contribution in [0.15, 0.2) is 18.7 Å². The van der Waals surface area contributed by atoms with Gasteiger partial charge in [-0.3, -0.25) is 4.79 Å². The number of rotatable bonds is 5. The predicted octanol–water partition coefficient (Wildman–Crippen LogP) is 1.14. The molecular weight excluding hydrogens is 156 g/mol. The molecule has 1 aromatic heterocycles. The number of unbranched alkanes of at least 4 members (excludes halogenated alkanes) is 1. The van der Waals surface area contributed by atoms with E-state index in [0.29, 0.717) is 0 Å². The maximum atomic E-state index is 10.1. The number of carboxylic acids is 1. The number of hydrogen-bond donors (Lipinski definition) is 1. The minimum atomic E-state index is -0.722. The van der Waals surface area contributed by atoms with Crippen LogP contribution in [-0.2, 0) is 11.3 Å². The van der Waals surface area contributed by atoms with Crippen LogP contribution < -0.4 is 0 Å². The van der Waals surface area contributed by atoms with Crippen molar-refractivity contribution < 1.29 is 9.90 Å². The zero-order valence-corrected chi connectivity index (χ0v) is 6.81. The van der Waals surface area contributed by atoms with Gasteiger partial charge in [0.25, 0.3) is 0 Å². The van der Waals surface area contributed by atoms with Crippen molar-refractivity contribution in [1.82, 2.24) is 9.55 Å². The van der Waals surface area contributed by atoms with Crippen LogP contribution >= 0.6 is 0 Å². The van der Waals surface area contributed by atoms with E-state index in [-0.39, 0.29) is 6.42 Å². The molecule has 4 heteroatoms. The molecule has 66 valence electrons. The smallest absolute Gasteiger partial charge is 0.303 e. The zero-order chi connectivity index (χ0) is 8.81. The summed E-state index contributed by atoms with van der Waals surface area (Å²) in [5.74, 6) is -0.722. The van der Waals surface area contributed by atoms with E-state index < -0.39 is 5.97 Å². The lowest BCUT2D eigenvalue weighted by atomic mass is 10.2. The van der Waals surface area contributed by atoms with Crippen molar-refractivity contribution in [2.24, 2.45) is 0 Å². The van der Waals surface area contributed by atoms with Gasteiger partial charge in [0.05, 0.1) is 6.33 Å². The molecule has 0 spiro atoms. The van der Waals surface area contributed by atoms with Gasteiger partial charge in [0.1, 0.15) is 0 Å². The van der Waals surface area contributed by atoms with Crippen LogP contribution in [0.2, 0.25) is 0 Å². The van der Waals surface area contributed by atoms with Gasteiger partial charge in [-0.2, -0.15) is 0 Å². The normalized spacial score (nSPS) is 10.0. The minimum Gasteiger partial charge on any atom is -0.481 e. The van der Waals surface area contributed by atoms with Crippen molar-refractivity contribution in [3.63, 3.8) is 0 Å². The largest absolute Gasteiger partial charge is 0.481 e. The molecular formula is C8H12N2O2. The number of carbonyl (C=O) groups is 1. The van der Waals surface area contributed by atoms with Gasteiger partial charge in [0.15, 0.2) is 0 Å². The first-order valence-corrected chi connectivity index (χ1v) is 3.96. The average molecular weight is 168 g/mol. The molecule has 0 saturated carbocycles. The SMILES string of the molecule is O=C(O)CCCCn1ccnc1. The Kier molecular flexibility index (Phi) is 3.32. The Morgan fingerprint density at radius 3 is 2.92 bits per heavy atom. The summed E-state index contributed by atoms with van der Waals surface area (Å²) in [7, 11) is 0. The van der Waals surface area contributed by atoms with Gasteiger partial charge in [-0.15, -0.1) is 0 Å². The Labute approximate surface area is 70.9 Å². The van der Waals surface area contributed by atoms with Gasteiger partial charge >= 0.3 is 5.97 Å². The van der Waals surface area contributed by atoms with Crippen LogP contribution in [0.3, 0.4) is 0 Å². The molecule has 12 heavy (non-hydrogen) atoms. The Balaban J connectivity index is 2.07. The molecule has 4 nitrogen and oxygen atoms in total. The molecule has 1 heterocycles.